The molecule has 1 aromatic carbocycles. The number of aromatic nitrogens is 1. The maximum absolute atomic E-state index is 3.15. The van der Waals surface area contributed by atoms with Gasteiger partial charge in [0.1, 0.15) is 0 Å². The molecule has 2 nitrogen and oxygen atoms in total. The van der Waals surface area contributed by atoms with Crippen LogP contribution in [-0.2, 0) is 6.42 Å². The van der Waals surface area contributed by atoms with E-state index in [-0.39, 0.29) is 0 Å². The van der Waals surface area contributed by atoms with E-state index in [4.69, 9.17) is 0 Å². The number of rotatable bonds is 5. The van der Waals surface area contributed by atoms with Crippen LogP contribution in [0.1, 0.15) is 126 Å². The second-order valence-corrected chi connectivity index (χ2v) is 17.3. The van der Waals surface area contributed by atoms with Crippen LogP contribution in [0.2, 0.25) is 0 Å². The molecule has 2 fully saturated rings. The van der Waals surface area contributed by atoms with Gasteiger partial charge in [0.25, 0.3) is 0 Å². The number of fused-ring (bicyclic) bond motifs is 6. The molecule has 260 valence electrons. The molecule has 2 heterocycles. The Bertz CT molecular complexity index is 1830. The maximum Gasteiger partial charge on any atom is 0.0491 e. The van der Waals surface area contributed by atoms with Crippen molar-refractivity contribution < 1.29 is 0 Å². The summed E-state index contributed by atoms with van der Waals surface area (Å²) in [4.78, 5) is 3.15. The lowest BCUT2D eigenvalue weighted by Crippen LogP contribution is -2.47. The Morgan fingerprint density at radius 3 is 2.26 bits per heavy atom. The highest BCUT2D eigenvalue weighted by molar-refractivity contribution is 5.93. The first-order valence-corrected chi connectivity index (χ1v) is 21.0. The van der Waals surface area contributed by atoms with Crippen molar-refractivity contribution in [2.75, 3.05) is 0 Å². The zero-order valence-corrected chi connectivity index (χ0v) is 30.3. The molecular weight excluding hydrogens is 605 g/mol. The van der Waals surface area contributed by atoms with Crippen LogP contribution < -0.4 is 0 Å². The van der Waals surface area contributed by atoms with Gasteiger partial charge in [-0.1, -0.05) is 97.7 Å². The summed E-state index contributed by atoms with van der Waals surface area (Å²) in [5.74, 6) is 2.72. The molecule has 2 aromatic rings. The van der Waals surface area contributed by atoms with Crippen molar-refractivity contribution in [3.63, 3.8) is 0 Å². The molecule has 7 aliphatic carbocycles. The van der Waals surface area contributed by atoms with Gasteiger partial charge in [0.2, 0.25) is 0 Å². The van der Waals surface area contributed by atoms with E-state index in [1.807, 2.05) is 0 Å². The van der Waals surface area contributed by atoms with Crippen molar-refractivity contribution in [2.45, 2.75) is 140 Å². The Balaban J connectivity index is 0.969. The quantitative estimate of drug-likeness (QED) is 0.289. The summed E-state index contributed by atoms with van der Waals surface area (Å²) in [5.41, 5.74) is 11.3. The average molecular weight is 663 g/mol. The van der Waals surface area contributed by atoms with E-state index < -0.39 is 0 Å². The van der Waals surface area contributed by atoms with Crippen LogP contribution >= 0.6 is 0 Å². The van der Waals surface area contributed by atoms with Crippen LogP contribution in [-0.4, -0.2) is 27.6 Å². The van der Waals surface area contributed by atoms with E-state index in [1.54, 1.807) is 28.0 Å². The first kappa shape index (κ1) is 31.6. The topological polar surface area (TPSA) is 8.17 Å². The lowest BCUT2D eigenvalue weighted by Gasteiger charge is -2.42. The molecule has 0 bridgehead atoms. The molecule has 1 aliphatic heterocycles. The number of hydrogen-bond acceptors (Lipinski definition) is 1. The normalized spacial score (nSPS) is 34.4. The predicted octanol–water partition coefficient (Wildman–Crippen LogP) is 12.2. The van der Waals surface area contributed by atoms with Crippen molar-refractivity contribution in [3.8, 4) is 0 Å². The van der Waals surface area contributed by atoms with Crippen LogP contribution in [0.25, 0.3) is 17.0 Å². The van der Waals surface area contributed by atoms with Crippen LogP contribution in [0.3, 0.4) is 0 Å². The van der Waals surface area contributed by atoms with E-state index >= 15 is 0 Å². The first-order valence-electron chi connectivity index (χ1n) is 21.0. The number of likely N-dealkylation sites (tertiary alicyclic amines) is 1. The summed E-state index contributed by atoms with van der Waals surface area (Å²) in [5, 5.41) is 1.48. The summed E-state index contributed by atoms with van der Waals surface area (Å²) in [7, 11) is 0. The van der Waals surface area contributed by atoms with Gasteiger partial charge in [-0.3, -0.25) is 4.90 Å². The van der Waals surface area contributed by atoms with Crippen molar-refractivity contribution in [1.82, 2.24) is 9.47 Å². The van der Waals surface area contributed by atoms with Gasteiger partial charge in [-0.15, -0.1) is 0 Å². The summed E-state index contributed by atoms with van der Waals surface area (Å²) >= 11 is 0. The van der Waals surface area contributed by atoms with E-state index in [9.17, 15) is 0 Å². The Hall–Kier alpha value is -3.10. The molecule has 0 radical (unpaired) electrons. The Morgan fingerprint density at radius 1 is 0.640 bits per heavy atom. The zero-order chi connectivity index (χ0) is 33.0. The fourth-order valence-electron chi connectivity index (χ4n) is 12.3. The van der Waals surface area contributed by atoms with Crippen molar-refractivity contribution in [1.29, 1.82) is 0 Å². The van der Waals surface area contributed by atoms with Crippen LogP contribution in [0.5, 0.6) is 0 Å². The molecule has 2 heteroatoms. The SMILES string of the molecule is C1=CCC(C2=CCC(C3=CC4C5C=C(C6=Cc7c(n(C8CC=CCC8)c8ccccc78)CC6)CCC5N(C5CCCCC5)C4CC3)C=C2)CC1. The van der Waals surface area contributed by atoms with Crippen LogP contribution in [0.15, 0.2) is 101 Å². The van der Waals surface area contributed by atoms with Gasteiger partial charge in [-0.2, -0.15) is 0 Å². The van der Waals surface area contributed by atoms with Crippen molar-refractivity contribution >= 4 is 17.0 Å². The number of hydrogen-bond donors (Lipinski definition) is 0. The minimum absolute atomic E-state index is 0.609. The second kappa shape index (κ2) is 13.5. The summed E-state index contributed by atoms with van der Waals surface area (Å²) < 4.78 is 2.76. The first-order chi connectivity index (χ1) is 24.8. The number of benzene rings is 1. The summed E-state index contributed by atoms with van der Waals surface area (Å²) in [6.45, 7) is 0. The molecule has 1 saturated heterocycles. The van der Waals surface area contributed by atoms with Gasteiger partial charge < -0.3 is 4.57 Å². The van der Waals surface area contributed by atoms with Gasteiger partial charge in [-0.25, -0.2) is 0 Å². The Morgan fingerprint density at radius 2 is 1.46 bits per heavy atom. The van der Waals surface area contributed by atoms with E-state index in [2.05, 4.69) is 94.5 Å². The van der Waals surface area contributed by atoms with Gasteiger partial charge in [0.05, 0.1) is 0 Å². The highest BCUT2D eigenvalue weighted by atomic mass is 15.3. The van der Waals surface area contributed by atoms with Crippen LogP contribution in [0, 0.1) is 23.7 Å². The lowest BCUT2D eigenvalue weighted by atomic mass is 9.72. The number of nitrogens with zero attached hydrogens (tertiary/aromatic N) is 2. The molecule has 50 heavy (non-hydrogen) atoms. The van der Waals surface area contributed by atoms with Gasteiger partial charge in [0, 0.05) is 64.1 Å². The molecule has 1 aromatic heterocycles. The standard InChI is InChI=1S/C48H58N2/c1-4-12-33(13-5-1)34-20-22-35(23-21-34)36-24-27-47-43(30-36)44-32-38(26-29-48(44)50(47)40-16-8-3-9-17-40)37-25-28-46-42(31-37)41-18-10-11-19-45(41)49(46)39-14-6-2-7-15-39/h1-2,4,6,10-11,18-22,30-33,35,39-40,43-44,47-48H,3,5,7-9,12-17,23-29H2. The smallest absolute Gasteiger partial charge is 0.0491 e. The number of allylic oxidation sites excluding steroid dienone is 11. The maximum atomic E-state index is 3.15. The fourth-order valence-corrected chi connectivity index (χ4v) is 12.3. The highest BCUT2D eigenvalue weighted by Gasteiger charge is 2.51. The molecule has 0 amide bonds. The van der Waals surface area contributed by atoms with Gasteiger partial charge in [0.15, 0.2) is 0 Å². The Labute approximate surface area is 301 Å². The van der Waals surface area contributed by atoms with E-state index in [0.29, 0.717) is 23.8 Å². The number of para-hydroxylation sites is 1. The van der Waals surface area contributed by atoms with Crippen molar-refractivity contribution in [3.05, 3.63) is 112 Å². The molecule has 0 N–H and O–H groups in total. The third kappa shape index (κ3) is 5.55. The third-order valence-electron chi connectivity index (χ3n) is 14.7. The van der Waals surface area contributed by atoms with E-state index in [0.717, 1.165) is 24.0 Å². The molecule has 8 aliphatic rings. The monoisotopic (exact) mass is 662 g/mol. The fraction of sp³-hybridized carbons (Fsp3) is 0.542. The third-order valence-corrected chi connectivity index (χ3v) is 14.7. The summed E-state index contributed by atoms with van der Waals surface area (Å²) in [6, 6.07) is 12.2. The molecule has 7 atom stereocenters. The molecule has 0 spiro atoms. The van der Waals surface area contributed by atoms with Gasteiger partial charge in [-0.05, 0) is 131 Å². The zero-order valence-electron chi connectivity index (χ0n) is 30.3. The second-order valence-electron chi connectivity index (χ2n) is 17.3. The minimum atomic E-state index is 0.609. The molecule has 10 rings (SSSR count). The average Bonchev–Trinajstić information content (AvgIpc) is 3.71. The molecule has 1 saturated carbocycles. The van der Waals surface area contributed by atoms with Crippen molar-refractivity contribution in [2.24, 2.45) is 23.7 Å². The minimum Gasteiger partial charge on any atom is -0.341 e. The highest BCUT2D eigenvalue weighted by Crippen LogP contribution is 2.52. The molecule has 7 unspecified atom stereocenters. The van der Waals surface area contributed by atoms with Gasteiger partial charge >= 0.3 is 0 Å². The van der Waals surface area contributed by atoms with Crippen LogP contribution in [0.4, 0.5) is 0 Å². The Kier molecular flexibility index (Phi) is 8.52. The summed E-state index contributed by atoms with van der Waals surface area (Å²) in [6.07, 6.45) is 49.3. The largest absolute Gasteiger partial charge is 0.341 e. The van der Waals surface area contributed by atoms with E-state index in [1.165, 1.54) is 132 Å². The molecular formula is C48H58N2. The predicted molar refractivity (Wildman–Crippen MR) is 210 cm³/mol. The lowest BCUT2D eigenvalue weighted by molar-refractivity contribution is 0.0792.